The Morgan fingerprint density at radius 1 is 1.24 bits per heavy atom. The molecule has 2 amide bonds. The van der Waals surface area contributed by atoms with Crippen molar-refractivity contribution < 1.29 is 9.53 Å². The molecule has 134 valence electrons. The highest BCUT2D eigenvalue weighted by molar-refractivity contribution is 5.88. The van der Waals surface area contributed by atoms with Gasteiger partial charge in [-0.2, -0.15) is 10.2 Å². The van der Waals surface area contributed by atoms with Crippen molar-refractivity contribution in [1.82, 2.24) is 24.9 Å². The van der Waals surface area contributed by atoms with Crippen LogP contribution in [-0.2, 0) is 4.74 Å². The van der Waals surface area contributed by atoms with Gasteiger partial charge < -0.3 is 10.1 Å². The van der Waals surface area contributed by atoms with Crippen molar-refractivity contribution in [2.24, 2.45) is 0 Å². The van der Waals surface area contributed by atoms with Crippen molar-refractivity contribution in [2.45, 2.75) is 57.3 Å². The van der Waals surface area contributed by atoms with Crippen molar-refractivity contribution >= 4 is 11.8 Å². The zero-order chi connectivity index (χ0) is 17.4. The molecule has 0 spiro atoms. The largest absolute Gasteiger partial charge is 0.370 e. The highest BCUT2D eigenvalue weighted by Crippen LogP contribution is 2.36. The summed E-state index contributed by atoms with van der Waals surface area (Å²) in [5.74, 6) is 0.739. The maximum Gasteiger partial charge on any atom is 0.320 e. The molecule has 3 heterocycles. The lowest BCUT2D eigenvalue weighted by atomic mass is 10.1. The molecule has 8 nitrogen and oxygen atoms in total. The van der Waals surface area contributed by atoms with Crippen LogP contribution in [0, 0.1) is 0 Å². The molecule has 1 saturated heterocycles. The van der Waals surface area contributed by atoms with Gasteiger partial charge >= 0.3 is 6.03 Å². The third-order valence-corrected chi connectivity index (χ3v) is 4.69. The van der Waals surface area contributed by atoms with E-state index in [0.29, 0.717) is 12.6 Å². The van der Waals surface area contributed by atoms with E-state index >= 15 is 0 Å². The predicted molar refractivity (Wildman–Crippen MR) is 92.4 cm³/mol. The number of ether oxygens (including phenoxy) is 1. The first-order valence-corrected chi connectivity index (χ1v) is 8.89. The first-order valence-electron chi connectivity index (χ1n) is 8.89. The SMILES string of the molecule is CC(C)n1nccc1[C@@H]1OCC[C@H]1NC(=O)Nc1ccnn1C1CC1. The highest BCUT2D eigenvalue weighted by atomic mass is 16.5. The molecule has 4 rings (SSSR count). The van der Waals surface area contributed by atoms with Crippen LogP contribution in [0.5, 0.6) is 0 Å². The number of carbonyl (C=O) groups excluding carboxylic acids is 1. The lowest BCUT2D eigenvalue weighted by Crippen LogP contribution is -2.40. The average molecular weight is 344 g/mol. The maximum atomic E-state index is 12.5. The molecule has 8 heteroatoms. The Kier molecular flexibility index (Phi) is 4.20. The van der Waals surface area contributed by atoms with E-state index in [2.05, 4.69) is 34.7 Å². The topological polar surface area (TPSA) is 86.0 Å². The number of hydrogen-bond donors (Lipinski definition) is 2. The summed E-state index contributed by atoms with van der Waals surface area (Å²) >= 11 is 0. The third-order valence-electron chi connectivity index (χ3n) is 4.69. The summed E-state index contributed by atoms with van der Waals surface area (Å²) in [6.45, 7) is 4.79. The van der Waals surface area contributed by atoms with E-state index in [0.717, 1.165) is 30.8 Å². The molecule has 2 fully saturated rings. The quantitative estimate of drug-likeness (QED) is 0.873. The van der Waals surface area contributed by atoms with Crippen LogP contribution in [0.25, 0.3) is 0 Å². The fraction of sp³-hybridized carbons (Fsp3) is 0.588. The molecule has 2 atom stereocenters. The summed E-state index contributed by atoms with van der Waals surface area (Å²) in [5.41, 5.74) is 1.00. The van der Waals surface area contributed by atoms with E-state index in [4.69, 9.17) is 4.74 Å². The first-order chi connectivity index (χ1) is 12.1. The minimum atomic E-state index is -0.224. The third kappa shape index (κ3) is 3.26. The Balaban J connectivity index is 1.43. The van der Waals surface area contributed by atoms with Crippen LogP contribution in [0.2, 0.25) is 0 Å². The molecule has 0 radical (unpaired) electrons. The Hall–Kier alpha value is -2.35. The average Bonchev–Trinajstić information content (AvgIpc) is 3.00. The highest BCUT2D eigenvalue weighted by Gasteiger charge is 2.34. The van der Waals surface area contributed by atoms with Gasteiger partial charge in [0.2, 0.25) is 0 Å². The van der Waals surface area contributed by atoms with Crippen LogP contribution in [-0.4, -0.2) is 38.2 Å². The second kappa shape index (κ2) is 6.51. The number of urea groups is 1. The second-order valence-electron chi connectivity index (χ2n) is 6.97. The standard InChI is InChI=1S/C17H24N6O2/c1-11(2)22-14(5-8-18-22)16-13(7-10-25-16)20-17(24)21-15-6-9-19-23(15)12-3-4-12/h5-6,8-9,11-13,16H,3-4,7,10H2,1-2H3,(H2,20,21,24)/t13-,16-/m1/s1. The van der Waals surface area contributed by atoms with Gasteiger partial charge in [-0.15, -0.1) is 0 Å². The van der Waals surface area contributed by atoms with Crippen molar-refractivity contribution in [1.29, 1.82) is 0 Å². The van der Waals surface area contributed by atoms with Gasteiger partial charge in [0.15, 0.2) is 0 Å². The fourth-order valence-corrected chi connectivity index (χ4v) is 3.35. The fourth-order valence-electron chi connectivity index (χ4n) is 3.35. The molecule has 0 aromatic carbocycles. The van der Waals surface area contributed by atoms with Crippen molar-refractivity contribution in [3.8, 4) is 0 Å². The number of carbonyl (C=O) groups is 1. The van der Waals surface area contributed by atoms with Crippen LogP contribution < -0.4 is 10.6 Å². The number of anilines is 1. The van der Waals surface area contributed by atoms with E-state index in [1.165, 1.54) is 0 Å². The minimum absolute atomic E-state index is 0.0773. The summed E-state index contributed by atoms with van der Waals surface area (Å²) in [7, 11) is 0. The summed E-state index contributed by atoms with van der Waals surface area (Å²) < 4.78 is 9.72. The molecule has 1 aliphatic heterocycles. The summed E-state index contributed by atoms with van der Waals surface area (Å²) in [6.07, 6.45) is 6.34. The molecule has 2 aromatic heterocycles. The van der Waals surface area contributed by atoms with Crippen LogP contribution in [0.15, 0.2) is 24.5 Å². The van der Waals surface area contributed by atoms with Gasteiger partial charge in [-0.1, -0.05) is 0 Å². The second-order valence-corrected chi connectivity index (χ2v) is 6.97. The lowest BCUT2D eigenvalue weighted by molar-refractivity contribution is 0.0919. The van der Waals surface area contributed by atoms with E-state index in [-0.39, 0.29) is 24.2 Å². The van der Waals surface area contributed by atoms with E-state index < -0.39 is 0 Å². The van der Waals surface area contributed by atoms with Crippen LogP contribution in [0.1, 0.15) is 57.0 Å². The number of nitrogens with one attached hydrogen (secondary N) is 2. The Morgan fingerprint density at radius 2 is 2.04 bits per heavy atom. The molecule has 25 heavy (non-hydrogen) atoms. The van der Waals surface area contributed by atoms with Gasteiger partial charge in [0.05, 0.1) is 24.0 Å². The smallest absolute Gasteiger partial charge is 0.320 e. The maximum absolute atomic E-state index is 12.5. The Morgan fingerprint density at radius 3 is 2.80 bits per heavy atom. The zero-order valence-electron chi connectivity index (χ0n) is 14.6. The van der Waals surface area contributed by atoms with Gasteiger partial charge in [0, 0.05) is 24.9 Å². The zero-order valence-corrected chi connectivity index (χ0v) is 14.6. The monoisotopic (exact) mass is 344 g/mol. The van der Waals surface area contributed by atoms with Crippen LogP contribution >= 0.6 is 0 Å². The lowest BCUT2D eigenvalue weighted by Gasteiger charge is -2.22. The number of hydrogen-bond acceptors (Lipinski definition) is 4. The number of nitrogens with zero attached hydrogens (tertiary/aromatic N) is 4. The molecule has 0 bridgehead atoms. The van der Waals surface area contributed by atoms with Crippen LogP contribution in [0.4, 0.5) is 10.6 Å². The number of amides is 2. The van der Waals surface area contributed by atoms with Gasteiger partial charge in [-0.3, -0.25) is 10.00 Å². The van der Waals surface area contributed by atoms with Crippen molar-refractivity contribution in [3.05, 3.63) is 30.2 Å². The number of aromatic nitrogens is 4. The molecule has 1 saturated carbocycles. The summed E-state index contributed by atoms with van der Waals surface area (Å²) in [4.78, 5) is 12.5. The summed E-state index contributed by atoms with van der Waals surface area (Å²) in [6, 6.07) is 4.16. The molecule has 2 aromatic rings. The minimum Gasteiger partial charge on any atom is -0.370 e. The van der Waals surface area contributed by atoms with Gasteiger partial charge in [-0.25, -0.2) is 9.48 Å². The first kappa shape index (κ1) is 16.1. The van der Waals surface area contributed by atoms with Gasteiger partial charge in [0.25, 0.3) is 0 Å². The van der Waals surface area contributed by atoms with Crippen LogP contribution in [0.3, 0.4) is 0 Å². The van der Waals surface area contributed by atoms with E-state index in [9.17, 15) is 4.79 Å². The molecule has 2 N–H and O–H groups in total. The van der Waals surface area contributed by atoms with Crippen molar-refractivity contribution in [2.75, 3.05) is 11.9 Å². The Labute approximate surface area is 146 Å². The van der Waals surface area contributed by atoms with E-state index in [1.807, 2.05) is 21.5 Å². The van der Waals surface area contributed by atoms with Crippen molar-refractivity contribution in [3.63, 3.8) is 0 Å². The van der Waals surface area contributed by atoms with E-state index in [1.54, 1.807) is 12.4 Å². The molecule has 2 aliphatic rings. The molecular weight excluding hydrogens is 320 g/mol. The van der Waals surface area contributed by atoms with Gasteiger partial charge in [0.1, 0.15) is 11.9 Å². The molecular formula is C17H24N6O2. The van der Waals surface area contributed by atoms with Gasteiger partial charge in [-0.05, 0) is 39.2 Å². The summed E-state index contributed by atoms with van der Waals surface area (Å²) in [5, 5.41) is 14.6. The number of rotatable bonds is 5. The predicted octanol–water partition coefficient (Wildman–Crippen LogP) is 2.65. The molecule has 1 aliphatic carbocycles. The molecule has 0 unspecified atom stereocenters. The Bertz CT molecular complexity index is 748. The normalized spacial score (nSPS) is 23.2.